The summed E-state index contributed by atoms with van der Waals surface area (Å²) in [6, 6.07) is 17.8. The van der Waals surface area contributed by atoms with Crippen molar-refractivity contribution in [3.05, 3.63) is 102 Å². The fourth-order valence-corrected chi connectivity index (χ4v) is 6.37. The van der Waals surface area contributed by atoms with Gasteiger partial charge in [0.05, 0.1) is 38.4 Å². The van der Waals surface area contributed by atoms with Crippen molar-refractivity contribution in [2.75, 3.05) is 48.9 Å². The molecule has 3 aromatic carbocycles. The van der Waals surface area contributed by atoms with Crippen molar-refractivity contribution in [1.82, 2.24) is 19.8 Å². The molecule has 0 bridgehead atoms. The Hall–Kier alpha value is -5.01. The van der Waals surface area contributed by atoms with Crippen molar-refractivity contribution in [2.45, 2.75) is 9.79 Å². The first-order valence-corrected chi connectivity index (χ1v) is 15.0. The lowest BCUT2D eigenvalue weighted by Gasteiger charge is -2.35. The number of halogens is 1. The summed E-state index contributed by atoms with van der Waals surface area (Å²) in [5, 5.41) is 7.57. The van der Waals surface area contributed by atoms with E-state index in [0.717, 1.165) is 19.2 Å². The van der Waals surface area contributed by atoms with E-state index < -0.39 is 27.5 Å². The van der Waals surface area contributed by atoms with Crippen LogP contribution in [0.4, 0.5) is 15.8 Å². The van der Waals surface area contributed by atoms with Crippen LogP contribution in [0.5, 0.6) is 0 Å². The Bertz CT molecular complexity index is 1930. The van der Waals surface area contributed by atoms with Crippen molar-refractivity contribution < 1.29 is 22.4 Å². The summed E-state index contributed by atoms with van der Waals surface area (Å²) in [6.45, 7) is 3.01. The van der Waals surface area contributed by atoms with E-state index >= 15 is 0 Å². The number of H-pyrrole nitrogens is 1. The number of aromatic amines is 1. The van der Waals surface area contributed by atoms with Gasteiger partial charge in [-0.2, -0.15) is 9.89 Å². The highest BCUT2D eigenvalue weighted by Gasteiger charge is 2.25. The molecule has 3 heterocycles. The number of amides is 2. The molecule has 3 N–H and O–H groups in total. The lowest BCUT2D eigenvalue weighted by atomic mass is 10.1. The third kappa shape index (κ3) is 5.59. The minimum atomic E-state index is -3.98. The smallest absolute Gasteiger partial charge is 0.275 e. The molecule has 1 fully saturated rings. The first-order chi connectivity index (χ1) is 20.7. The van der Waals surface area contributed by atoms with Gasteiger partial charge in [0.25, 0.3) is 11.8 Å². The molecular formula is C30H28FN7O4S. The number of sulfone groups is 1. The predicted molar refractivity (Wildman–Crippen MR) is 160 cm³/mol. The van der Waals surface area contributed by atoms with E-state index in [1.54, 1.807) is 30.5 Å². The molecule has 0 spiro atoms. The number of hydrogen-bond donors (Lipinski definition) is 3. The molecule has 13 heteroatoms. The second-order valence-electron chi connectivity index (χ2n) is 10.2. The molecular weight excluding hydrogens is 573 g/mol. The van der Waals surface area contributed by atoms with Crippen LogP contribution >= 0.6 is 0 Å². The van der Waals surface area contributed by atoms with Crippen LogP contribution in [0.15, 0.2) is 95.0 Å². The zero-order valence-corrected chi connectivity index (χ0v) is 23.9. The third-order valence-corrected chi connectivity index (χ3v) is 9.12. The predicted octanol–water partition coefficient (Wildman–Crippen LogP) is 3.72. The van der Waals surface area contributed by atoms with Gasteiger partial charge in [0.15, 0.2) is 0 Å². The largest absolute Gasteiger partial charge is 0.368 e. The van der Waals surface area contributed by atoms with Gasteiger partial charge >= 0.3 is 0 Å². The van der Waals surface area contributed by atoms with Crippen molar-refractivity contribution in [1.29, 1.82) is 0 Å². The highest BCUT2D eigenvalue weighted by Crippen LogP contribution is 2.30. The minimum Gasteiger partial charge on any atom is -0.368 e. The van der Waals surface area contributed by atoms with Crippen LogP contribution in [-0.4, -0.2) is 73.2 Å². The lowest BCUT2D eigenvalue weighted by molar-refractivity contribution is 0.101. The molecule has 1 aliphatic rings. The molecule has 0 atom stereocenters. The first-order valence-electron chi connectivity index (χ1n) is 13.5. The van der Waals surface area contributed by atoms with Crippen LogP contribution in [0.2, 0.25) is 0 Å². The van der Waals surface area contributed by atoms with Crippen LogP contribution in [0.3, 0.4) is 0 Å². The maximum Gasteiger partial charge on any atom is 0.275 e. The molecule has 0 saturated carbocycles. The average Bonchev–Trinajstić information content (AvgIpc) is 3.68. The Morgan fingerprint density at radius 3 is 2.42 bits per heavy atom. The Kier molecular flexibility index (Phi) is 7.42. The molecule has 2 amide bonds. The van der Waals surface area contributed by atoms with E-state index in [9.17, 15) is 22.4 Å². The topological polar surface area (TPSA) is 132 Å². The standard InChI is InChI=1S/C30H28FN7O4S/c1-36-13-15-37(16-14-36)27-9-3-7-24(34-29(39)25-8-4-12-32-25)28(27)30(40)35-38-26-11-10-23(17-20(26)19-33-38)43(41,42)22-6-2-5-21(31)18-22/h2-12,17-19,32H,13-16H2,1H3,(H,34,39)(H,35,40). The first kappa shape index (κ1) is 28.1. The van der Waals surface area contributed by atoms with Gasteiger partial charge in [-0.3, -0.25) is 9.59 Å². The normalized spacial score (nSPS) is 14.1. The van der Waals surface area contributed by atoms with E-state index in [1.165, 1.54) is 47.4 Å². The van der Waals surface area contributed by atoms with Gasteiger partial charge in [-0.1, -0.05) is 12.1 Å². The number of rotatable bonds is 7. The highest BCUT2D eigenvalue weighted by molar-refractivity contribution is 7.91. The number of hydrogen-bond acceptors (Lipinski definition) is 7. The number of carbonyl (C=O) groups excluding carboxylic acids is 2. The van der Waals surface area contributed by atoms with Crippen LogP contribution < -0.4 is 15.6 Å². The minimum absolute atomic E-state index is 0.0359. The summed E-state index contributed by atoms with van der Waals surface area (Å²) in [5.74, 6) is -1.57. The van der Waals surface area contributed by atoms with Crippen molar-refractivity contribution in [3.63, 3.8) is 0 Å². The number of carbonyl (C=O) groups is 2. The van der Waals surface area contributed by atoms with Crippen LogP contribution in [-0.2, 0) is 9.84 Å². The van der Waals surface area contributed by atoms with Crippen LogP contribution in [0, 0.1) is 5.82 Å². The summed E-state index contributed by atoms with van der Waals surface area (Å²) in [5.41, 5.74) is 4.83. The number of nitrogens with zero attached hydrogens (tertiary/aromatic N) is 4. The van der Waals surface area contributed by atoms with Crippen molar-refractivity contribution >= 4 is 43.9 Å². The van der Waals surface area contributed by atoms with Crippen molar-refractivity contribution in [3.8, 4) is 0 Å². The van der Waals surface area contributed by atoms with Crippen molar-refractivity contribution in [2.24, 2.45) is 0 Å². The molecule has 43 heavy (non-hydrogen) atoms. The Labute approximate surface area is 246 Å². The van der Waals surface area contributed by atoms with Gasteiger partial charge in [0, 0.05) is 37.8 Å². The summed E-state index contributed by atoms with van der Waals surface area (Å²) in [6.07, 6.45) is 3.07. The molecule has 2 aromatic heterocycles. The number of piperazine rings is 1. The second-order valence-corrected chi connectivity index (χ2v) is 12.2. The maximum absolute atomic E-state index is 13.9. The van der Waals surface area contributed by atoms with E-state index in [0.29, 0.717) is 41.1 Å². The SMILES string of the molecule is CN1CCN(c2cccc(NC(=O)c3ccc[nH]3)c2C(=O)Nn2ncc3cc(S(=O)(=O)c4cccc(F)c4)ccc32)CC1. The molecule has 1 saturated heterocycles. The summed E-state index contributed by atoms with van der Waals surface area (Å²) in [4.78, 5) is 35.1. The number of benzene rings is 3. The number of anilines is 2. The zero-order valence-electron chi connectivity index (χ0n) is 23.1. The van der Waals surface area contributed by atoms with Gasteiger partial charge in [-0.05, 0) is 67.7 Å². The van der Waals surface area contributed by atoms with Gasteiger partial charge in [0.2, 0.25) is 9.84 Å². The Morgan fingerprint density at radius 1 is 0.907 bits per heavy atom. The average molecular weight is 602 g/mol. The molecule has 5 aromatic rings. The van der Waals surface area contributed by atoms with E-state index in [-0.39, 0.29) is 15.4 Å². The second kappa shape index (κ2) is 11.3. The van der Waals surface area contributed by atoms with Crippen LogP contribution in [0.1, 0.15) is 20.8 Å². The molecule has 220 valence electrons. The number of aromatic nitrogens is 3. The summed E-state index contributed by atoms with van der Waals surface area (Å²) >= 11 is 0. The Balaban J connectivity index is 1.33. The quantitative estimate of drug-likeness (QED) is 0.259. The number of fused-ring (bicyclic) bond motifs is 1. The lowest BCUT2D eigenvalue weighted by Crippen LogP contribution is -2.45. The monoisotopic (exact) mass is 601 g/mol. The fraction of sp³-hybridized carbons (Fsp3) is 0.167. The third-order valence-electron chi connectivity index (χ3n) is 7.37. The number of likely N-dealkylation sites (N-methyl/N-ethyl adjacent to an activating group) is 1. The van der Waals surface area contributed by atoms with Gasteiger partial charge in [-0.15, -0.1) is 0 Å². The van der Waals surface area contributed by atoms with Crippen LogP contribution in [0.25, 0.3) is 10.9 Å². The van der Waals surface area contributed by atoms with Gasteiger partial charge in [0.1, 0.15) is 11.5 Å². The highest BCUT2D eigenvalue weighted by atomic mass is 32.2. The molecule has 6 rings (SSSR count). The van der Waals surface area contributed by atoms with E-state index in [1.807, 2.05) is 13.1 Å². The number of nitrogens with one attached hydrogen (secondary N) is 3. The van der Waals surface area contributed by atoms with Gasteiger partial charge < -0.3 is 20.1 Å². The van der Waals surface area contributed by atoms with E-state index in [2.05, 4.69) is 30.6 Å². The zero-order chi connectivity index (χ0) is 30.1. The molecule has 1 aliphatic heterocycles. The molecule has 0 unspecified atom stereocenters. The summed E-state index contributed by atoms with van der Waals surface area (Å²) < 4.78 is 39.9. The molecule has 0 aliphatic carbocycles. The maximum atomic E-state index is 13.9. The Morgan fingerprint density at radius 2 is 1.67 bits per heavy atom. The van der Waals surface area contributed by atoms with Gasteiger partial charge in [-0.25, -0.2) is 18.2 Å². The van der Waals surface area contributed by atoms with E-state index in [4.69, 9.17) is 0 Å². The summed E-state index contributed by atoms with van der Waals surface area (Å²) in [7, 11) is -1.95. The molecule has 0 radical (unpaired) electrons. The fourth-order valence-electron chi connectivity index (χ4n) is 5.04. The molecule has 11 nitrogen and oxygen atoms in total.